The number of allylic oxidation sites excluding steroid dienone is 1. The fraction of sp³-hybridized carbons (Fsp3) is 0.143. The van der Waals surface area contributed by atoms with Crippen LogP contribution in [0.2, 0.25) is 0 Å². The minimum absolute atomic E-state index is 0.133. The minimum atomic E-state index is -0.133. The van der Waals surface area contributed by atoms with Gasteiger partial charge in [-0.25, -0.2) is 0 Å². The molecule has 4 aromatic heterocycles. The molecule has 0 radical (unpaired) electrons. The first-order chi connectivity index (χ1) is 25.6. The predicted octanol–water partition coefficient (Wildman–Crippen LogP) is 10.6. The van der Waals surface area contributed by atoms with E-state index in [1.54, 1.807) is 0 Å². The van der Waals surface area contributed by atoms with Gasteiger partial charge < -0.3 is 4.40 Å². The quantitative estimate of drug-likeness (QED) is 0.155. The molecule has 3 aliphatic heterocycles. The maximum absolute atomic E-state index is 4.88. The highest BCUT2D eigenvalue weighted by Gasteiger charge is 2.64. The topological polar surface area (TPSA) is 12.2 Å². The van der Waals surface area contributed by atoms with Gasteiger partial charge in [-0.15, -0.1) is 0 Å². The lowest BCUT2D eigenvalue weighted by atomic mass is 9.61. The van der Waals surface area contributed by atoms with Gasteiger partial charge in [0, 0.05) is 45.3 Å². The molecule has 12 rings (SSSR count). The molecule has 0 N–H and O–H groups in total. The number of hydrogen-bond acceptors (Lipinski definition) is 0. The molecular weight excluding hydrogens is 631 g/mol. The summed E-state index contributed by atoms with van der Waals surface area (Å²) >= 11 is 0. The van der Waals surface area contributed by atoms with E-state index in [9.17, 15) is 0 Å². The van der Waals surface area contributed by atoms with Gasteiger partial charge in [-0.2, -0.15) is 9.13 Å². The molecule has 2 unspecified atom stereocenters. The molecule has 1 spiro atoms. The highest BCUT2D eigenvalue weighted by Crippen LogP contribution is 2.56. The first kappa shape index (κ1) is 28.6. The van der Waals surface area contributed by atoms with Gasteiger partial charge >= 0.3 is 0 Å². The van der Waals surface area contributed by atoms with Gasteiger partial charge in [0.1, 0.15) is 0 Å². The van der Waals surface area contributed by atoms with Crippen molar-refractivity contribution < 1.29 is 9.13 Å². The van der Waals surface area contributed by atoms with Crippen LogP contribution in [0, 0.1) is 6.92 Å². The van der Waals surface area contributed by atoms with Crippen LogP contribution in [0.1, 0.15) is 41.1 Å². The van der Waals surface area contributed by atoms with Crippen molar-refractivity contribution in [2.45, 2.75) is 44.1 Å². The van der Waals surface area contributed by atoms with Crippen LogP contribution in [0.5, 0.6) is 0 Å². The molecule has 2 atom stereocenters. The van der Waals surface area contributed by atoms with Crippen molar-refractivity contribution in [1.29, 1.82) is 0 Å². The number of hydrogen-bond donors (Lipinski definition) is 0. The van der Waals surface area contributed by atoms with E-state index in [-0.39, 0.29) is 5.54 Å². The molecule has 7 heterocycles. The second-order valence-corrected chi connectivity index (χ2v) is 15.5. The van der Waals surface area contributed by atoms with E-state index < -0.39 is 0 Å². The second kappa shape index (κ2) is 10.0. The van der Waals surface area contributed by atoms with Crippen molar-refractivity contribution >= 4 is 43.8 Å². The smallest absolute Gasteiger partial charge is 0.218 e. The van der Waals surface area contributed by atoms with Crippen molar-refractivity contribution in [2.75, 3.05) is 0 Å². The van der Waals surface area contributed by atoms with Crippen molar-refractivity contribution in [3.8, 4) is 33.6 Å². The highest BCUT2D eigenvalue weighted by atomic mass is 15.2. The standard InChI is InChI=1S/C49H37N3/c1-30-25-45-40-26-39-37-19-12-18-36-35-17-8-9-21-43(35)51(48(36)37)44(39)27-38(40)41-23-22-32-13-6-7-16-34(32)42-20-10-11-24-50(42)31(2)28-49(41)29-46(52(45)49)47(30)33-14-4-3-5-15-33/h3-21,24-27,41H,2,22-23,28-29H2,1H3/q+2. The zero-order chi connectivity index (χ0) is 34.3. The second-order valence-electron chi connectivity index (χ2n) is 15.5. The molecule has 0 saturated carbocycles. The van der Waals surface area contributed by atoms with Crippen LogP contribution in [0.15, 0.2) is 146 Å². The lowest BCUT2D eigenvalue weighted by molar-refractivity contribution is -0.808. The normalized spacial score (nSPS) is 18.9. The Morgan fingerprint density at radius 1 is 0.673 bits per heavy atom. The lowest BCUT2D eigenvalue weighted by Crippen LogP contribution is -2.74. The fourth-order valence-corrected chi connectivity index (χ4v) is 10.9. The zero-order valence-electron chi connectivity index (χ0n) is 29.2. The molecule has 0 fully saturated rings. The van der Waals surface area contributed by atoms with Gasteiger partial charge in [0.25, 0.3) is 0 Å². The summed E-state index contributed by atoms with van der Waals surface area (Å²) in [5.41, 5.74) is 18.7. The average Bonchev–Trinajstić information content (AvgIpc) is 3.69. The van der Waals surface area contributed by atoms with Crippen LogP contribution in [-0.2, 0) is 18.4 Å². The van der Waals surface area contributed by atoms with Gasteiger partial charge in [-0.1, -0.05) is 84.9 Å². The Balaban J connectivity index is 1.19. The third kappa shape index (κ3) is 3.51. The molecule has 5 aromatic carbocycles. The van der Waals surface area contributed by atoms with Crippen LogP contribution in [0.25, 0.3) is 77.4 Å². The van der Waals surface area contributed by atoms with E-state index in [4.69, 9.17) is 6.58 Å². The molecule has 0 bridgehead atoms. The number of pyridine rings is 2. The number of aromatic nitrogens is 3. The number of fused-ring (bicyclic) bond motifs is 12. The summed E-state index contributed by atoms with van der Waals surface area (Å²) in [7, 11) is 0. The first-order valence-electron chi connectivity index (χ1n) is 18.7. The largest absolute Gasteiger partial charge is 0.308 e. The predicted molar refractivity (Wildman–Crippen MR) is 212 cm³/mol. The van der Waals surface area contributed by atoms with Crippen LogP contribution < -0.4 is 9.13 Å². The fourth-order valence-electron chi connectivity index (χ4n) is 10.9. The monoisotopic (exact) mass is 667 g/mol. The van der Waals surface area contributed by atoms with E-state index in [1.807, 2.05) is 0 Å². The minimum Gasteiger partial charge on any atom is -0.308 e. The summed E-state index contributed by atoms with van der Waals surface area (Å²) in [6, 6.07) is 50.2. The Hall–Kier alpha value is -6.06. The summed E-state index contributed by atoms with van der Waals surface area (Å²) in [5.74, 6) is 0.306. The van der Waals surface area contributed by atoms with Crippen LogP contribution in [0.4, 0.5) is 0 Å². The Labute approximate surface area is 302 Å². The molecule has 3 aliphatic rings. The molecule has 0 aliphatic carbocycles. The number of aryl methyl sites for hydroxylation is 2. The van der Waals surface area contributed by atoms with Crippen molar-refractivity contribution in [3.05, 3.63) is 169 Å². The van der Waals surface area contributed by atoms with Gasteiger partial charge in [0.15, 0.2) is 23.1 Å². The third-order valence-electron chi connectivity index (χ3n) is 12.9. The van der Waals surface area contributed by atoms with Gasteiger partial charge in [0.05, 0.1) is 46.4 Å². The Morgan fingerprint density at radius 2 is 1.44 bits per heavy atom. The van der Waals surface area contributed by atoms with Gasteiger partial charge in [-0.3, -0.25) is 0 Å². The maximum atomic E-state index is 4.88. The summed E-state index contributed by atoms with van der Waals surface area (Å²) in [6.07, 6.45) is 6.21. The number of para-hydroxylation sites is 2. The zero-order valence-corrected chi connectivity index (χ0v) is 29.2. The maximum Gasteiger partial charge on any atom is 0.218 e. The molecule has 9 aromatic rings. The lowest BCUT2D eigenvalue weighted by Gasteiger charge is -2.48. The Bertz CT molecular complexity index is 3000. The van der Waals surface area contributed by atoms with Gasteiger partial charge in [-0.05, 0) is 78.9 Å². The van der Waals surface area contributed by atoms with Crippen LogP contribution >= 0.6 is 0 Å². The highest BCUT2D eigenvalue weighted by molar-refractivity contribution is 6.23. The first-order valence-corrected chi connectivity index (χ1v) is 18.7. The van der Waals surface area contributed by atoms with Crippen molar-refractivity contribution in [1.82, 2.24) is 4.40 Å². The van der Waals surface area contributed by atoms with E-state index in [2.05, 4.69) is 160 Å². The van der Waals surface area contributed by atoms with Crippen molar-refractivity contribution in [3.63, 3.8) is 0 Å². The number of benzene rings is 5. The van der Waals surface area contributed by atoms with E-state index in [0.29, 0.717) is 5.92 Å². The summed E-state index contributed by atoms with van der Waals surface area (Å²) in [4.78, 5) is 0. The molecule has 0 amide bonds. The summed E-state index contributed by atoms with van der Waals surface area (Å²) in [5, 5.41) is 5.35. The van der Waals surface area contributed by atoms with E-state index in [1.165, 1.54) is 94.1 Å². The summed E-state index contributed by atoms with van der Waals surface area (Å²) in [6.45, 7) is 7.20. The summed E-state index contributed by atoms with van der Waals surface area (Å²) < 4.78 is 7.72. The Morgan fingerprint density at radius 3 is 2.35 bits per heavy atom. The van der Waals surface area contributed by atoms with Gasteiger partial charge in [0.2, 0.25) is 11.4 Å². The average molecular weight is 668 g/mol. The molecule has 3 heteroatoms. The number of rotatable bonds is 1. The SMILES string of the molecule is C=C1CC23Cc4c(-c5ccccc5)c(C)cc([n+]42)-c2cc4c5cccc6c7ccccc7n(c4cc2C3CCc2ccccc2-c2cccc[n+]21)c65. The molecule has 246 valence electrons. The molecule has 0 saturated heterocycles. The van der Waals surface area contributed by atoms with Crippen LogP contribution in [-0.4, -0.2) is 4.40 Å². The third-order valence-corrected chi connectivity index (χ3v) is 12.9. The van der Waals surface area contributed by atoms with E-state index >= 15 is 0 Å². The van der Waals surface area contributed by atoms with Crippen molar-refractivity contribution in [2.24, 2.45) is 0 Å². The van der Waals surface area contributed by atoms with E-state index in [0.717, 1.165) is 31.4 Å². The molecular formula is C49H37N3+2. The molecule has 3 nitrogen and oxygen atoms in total. The molecule has 52 heavy (non-hydrogen) atoms. The van der Waals surface area contributed by atoms with Crippen LogP contribution in [0.3, 0.4) is 0 Å². The Kier molecular flexibility index (Phi) is 5.53. The number of nitrogens with zero attached hydrogens (tertiary/aromatic N) is 3.